The van der Waals surface area contributed by atoms with E-state index in [9.17, 15) is 0 Å². The second kappa shape index (κ2) is 4.65. The summed E-state index contributed by atoms with van der Waals surface area (Å²) >= 11 is 0. The lowest BCUT2D eigenvalue weighted by Crippen LogP contribution is -2.03. The van der Waals surface area contributed by atoms with Crippen molar-refractivity contribution in [3.8, 4) is 0 Å². The summed E-state index contributed by atoms with van der Waals surface area (Å²) in [7, 11) is 0. The van der Waals surface area contributed by atoms with Gasteiger partial charge in [0.25, 0.3) is 0 Å². The fourth-order valence-electron chi connectivity index (χ4n) is 2.43. The molecule has 18 heavy (non-hydrogen) atoms. The van der Waals surface area contributed by atoms with E-state index >= 15 is 0 Å². The zero-order chi connectivity index (χ0) is 12.4. The highest BCUT2D eigenvalue weighted by atomic mass is 15.0. The van der Waals surface area contributed by atoms with Crippen LogP contribution in [0, 0.1) is 6.92 Å². The summed E-state index contributed by atoms with van der Waals surface area (Å²) in [5.41, 5.74) is 3.92. The molecule has 0 spiro atoms. The second-order valence-electron chi connectivity index (χ2n) is 4.61. The van der Waals surface area contributed by atoms with Gasteiger partial charge in [0.15, 0.2) is 0 Å². The standard InChI is InChI=1S/C16H16N2/c1-13-11-15-6-2-3-7-16(15)18(13)10-8-14-5-4-9-17-12-14/h2-7,9,11-12H,8,10H2,1H3. The lowest BCUT2D eigenvalue weighted by molar-refractivity contribution is 0.702. The molecule has 0 N–H and O–H groups in total. The summed E-state index contributed by atoms with van der Waals surface area (Å²) in [4.78, 5) is 4.16. The number of aromatic nitrogens is 2. The monoisotopic (exact) mass is 236 g/mol. The van der Waals surface area contributed by atoms with Crippen LogP contribution in [0.3, 0.4) is 0 Å². The smallest absolute Gasteiger partial charge is 0.0482 e. The van der Waals surface area contributed by atoms with Crippen molar-refractivity contribution < 1.29 is 0 Å². The Morgan fingerprint density at radius 3 is 2.83 bits per heavy atom. The van der Waals surface area contributed by atoms with Crippen molar-refractivity contribution in [3.63, 3.8) is 0 Å². The zero-order valence-electron chi connectivity index (χ0n) is 10.5. The Hall–Kier alpha value is -2.09. The summed E-state index contributed by atoms with van der Waals surface area (Å²) in [6.07, 6.45) is 4.79. The molecule has 2 aromatic heterocycles. The van der Waals surface area contributed by atoms with E-state index in [2.05, 4.69) is 52.9 Å². The van der Waals surface area contributed by atoms with Crippen LogP contribution in [0.25, 0.3) is 10.9 Å². The average molecular weight is 236 g/mol. The molecule has 0 saturated carbocycles. The Morgan fingerprint density at radius 2 is 2.00 bits per heavy atom. The topological polar surface area (TPSA) is 17.8 Å². The number of hydrogen-bond donors (Lipinski definition) is 0. The number of benzene rings is 1. The SMILES string of the molecule is Cc1cc2ccccc2n1CCc1cccnc1. The van der Waals surface area contributed by atoms with Gasteiger partial charge in [0.05, 0.1) is 0 Å². The maximum atomic E-state index is 4.16. The Bertz CT molecular complexity index is 653. The first-order valence-electron chi connectivity index (χ1n) is 6.28. The van der Waals surface area contributed by atoms with Gasteiger partial charge in [-0.2, -0.15) is 0 Å². The minimum atomic E-state index is 1.00. The summed E-state index contributed by atoms with van der Waals surface area (Å²) in [5, 5.41) is 1.32. The highest BCUT2D eigenvalue weighted by Crippen LogP contribution is 2.19. The van der Waals surface area contributed by atoms with Crippen LogP contribution in [0.4, 0.5) is 0 Å². The minimum Gasteiger partial charge on any atom is -0.345 e. The van der Waals surface area contributed by atoms with E-state index in [4.69, 9.17) is 0 Å². The first kappa shape index (κ1) is 11.0. The molecule has 3 rings (SSSR count). The Morgan fingerprint density at radius 1 is 1.11 bits per heavy atom. The van der Waals surface area contributed by atoms with Gasteiger partial charge in [0.2, 0.25) is 0 Å². The molecule has 0 unspecified atom stereocenters. The van der Waals surface area contributed by atoms with Crippen molar-refractivity contribution in [2.24, 2.45) is 0 Å². The van der Waals surface area contributed by atoms with Crippen LogP contribution < -0.4 is 0 Å². The summed E-state index contributed by atoms with van der Waals surface area (Å²) < 4.78 is 2.38. The van der Waals surface area contributed by atoms with Gasteiger partial charge < -0.3 is 4.57 Å². The van der Waals surface area contributed by atoms with Crippen LogP contribution in [-0.2, 0) is 13.0 Å². The quantitative estimate of drug-likeness (QED) is 0.679. The predicted molar refractivity (Wildman–Crippen MR) is 74.6 cm³/mol. The fourth-order valence-corrected chi connectivity index (χ4v) is 2.43. The third-order valence-electron chi connectivity index (χ3n) is 3.36. The molecule has 0 bridgehead atoms. The molecule has 2 nitrogen and oxygen atoms in total. The first-order chi connectivity index (χ1) is 8.84. The van der Waals surface area contributed by atoms with Crippen LogP contribution in [-0.4, -0.2) is 9.55 Å². The number of pyridine rings is 1. The number of fused-ring (bicyclic) bond motifs is 1. The van der Waals surface area contributed by atoms with E-state index in [1.165, 1.54) is 22.2 Å². The average Bonchev–Trinajstić information content (AvgIpc) is 2.73. The number of para-hydroxylation sites is 1. The number of rotatable bonds is 3. The maximum absolute atomic E-state index is 4.16. The van der Waals surface area contributed by atoms with Crippen molar-refractivity contribution in [2.45, 2.75) is 19.9 Å². The van der Waals surface area contributed by atoms with E-state index in [0.717, 1.165) is 13.0 Å². The lowest BCUT2D eigenvalue weighted by Gasteiger charge is -2.08. The fraction of sp³-hybridized carbons (Fsp3) is 0.188. The minimum absolute atomic E-state index is 1.00. The molecule has 2 heterocycles. The molecule has 0 aliphatic heterocycles. The molecule has 2 heteroatoms. The number of nitrogens with zero attached hydrogens (tertiary/aromatic N) is 2. The third kappa shape index (κ3) is 2.02. The lowest BCUT2D eigenvalue weighted by atomic mass is 10.2. The number of aryl methyl sites for hydroxylation is 3. The van der Waals surface area contributed by atoms with Crippen LogP contribution in [0.1, 0.15) is 11.3 Å². The molecule has 0 amide bonds. The highest BCUT2D eigenvalue weighted by molar-refractivity contribution is 5.81. The van der Waals surface area contributed by atoms with Crippen LogP contribution in [0.5, 0.6) is 0 Å². The molecule has 1 aromatic carbocycles. The van der Waals surface area contributed by atoms with Crippen molar-refractivity contribution >= 4 is 10.9 Å². The van der Waals surface area contributed by atoms with Crippen LogP contribution in [0.15, 0.2) is 54.9 Å². The van der Waals surface area contributed by atoms with Crippen LogP contribution >= 0.6 is 0 Å². The van der Waals surface area contributed by atoms with Gasteiger partial charge >= 0.3 is 0 Å². The predicted octanol–water partition coefficient (Wildman–Crippen LogP) is 3.59. The van der Waals surface area contributed by atoms with E-state index in [1.807, 2.05) is 18.5 Å². The molecule has 0 fully saturated rings. The molecule has 0 radical (unpaired) electrons. The Balaban J connectivity index is 1.89. The molecule has 0 atom stereocenters. The maximum Gasteiger partial charge on any atom is 0.0482 e. The normalized spacial score (nSPS) is 10.9. The highest BCUT2D eigenvalue weighted by Gasteiger charge is 2.04. The van der Waals surface area contributed by atoms with Crippen molar-refractivity contribution in [1.29, 1.82) is 0 Å². The van der Waals surface area contributed by atoms with Gasteiger partial charge in [-0.25, -0.2) is 0 Å². The Kier molecular flexibility index (Phi) is 2.85. The summed E-state index contributed by atoms with van der Waals surface area (Å²) in [6, 6.07) is 14.9. The molecular formula is C16H16N2. The van der Waals surface area contributed by atoms with Gasteiger partial charge in [-0.15, -0.1) is 0 Å². The van der Waals surface area contributed by atoms with E-state index in [0.29, 0.717) is 0 Å². The zero-order valence-corrected chi connectivity index (χ0v) is 10.5. The molecular weight excluding hydrogens is 220 g/mol. The van der Waals surface area contributed by atoms with E-state index in [1.54, 1.807) is 0 Å². The number of hydrogen-bond acceptors (Lipinski definition) is 1. The van der Waals surface area contributed by atoms with Gasteiger partial charge in [-0.3, -0.25) is 4.98 Å². The van der Waals surface area contributed by atoms with E-state index in [-0.39, 0.29) is 0 Å². The third-order valence-corrected chi connectivity index (χ3v) is 3.36. The largest absolute Gasteiger partial charge is 0.345 e. The van der Waals surface area contributed by atoms with Crippen molar-refractivity contribution in [1.82, 2.24) is 9.55 Å². The first-order valence-corrected chi connectivity index (χ1v) is 6.28. The van der Waals surface area contributed by atoms with Crippen LogP contribution in [0.2, 0.25) is 0 Å². The molecule has 0 saturated heterocycles. The van der Waals surface area contributed by atoms with Gasteiger partial charge in [-0.05, 0) is 42.5 Å². The summed E-state index contributed by atoms with van der Waals surface area (Å²) in [5.74, 6) is 0. The second-order valence-corrected chi connectivity index (χ2v) is 4.61. The van der Waals surface area contributed by atoms with Gasteiger partial charge in [-0.1, -0.05) is 24.3 Å². The molecule has 0 aliphatic carbocycles. The Labute approximate surface area is 107 Å². The van der Waals surface area contributed by atoms with Gasteiger partial charge in [0, 0.05) is 30.1 Å². The van der Waals surface area contributed by atoms with Crippen molar-refractivity contribution in [3.05, 3.63) is 66.1 Å². The molecule has 3 aromatic rings. The van der Waals surface area contributed by atoms with Gasteiger partial charge in [0.1, 0.15) is 0 Å². The summed E-state index contributed by atoms with van der Waals surface area (Å²) in [6.45, 7) is 3.17. The van der Waals surface area contributed by atoms with Crippen molar-refractivity contribution in [2.75, 3.05) is 0 Å². The molecule has 90 valence electrons. The molecule has 0 aliphatic rings. The van der Waals surface area contributed by atoms with E-state index < -0.39 is 0 Å².